The van der Waals surface area contributed by atoms with E-state index in [0.717, 1.165) is 5.56 Å². The van der Waals surface area contributed by atoms with Gasteiger partial charge in [-0.15, -0.1) is 4.91 Å². The number of carbonyl (C=O) groups is 1. The number of amides is 1. The molecule has 1 atom stereocenters. The topological polar surface area (TPSA) is 92.8 Å². The van der Waals surface area contributed by atoms with E-state index in [4.69, 9.17) is 10.8 Å². The molecule has 5 nitrogen and oxygen atoms in total. The lowest BCUT2D eigenvalue weighted by Crippen LogP contribution is -2.31. The van der Waals surface area contributed by atoms with Gasteiger partial charge in [0.2, 0.25) is 0 Å². The smallest absolute Gasteiger partial charge is 0.303 e. The average Bonchev–Trinajstić information content (AvgIpc) is 2.20. The van der Waals surface area contributed by atoms with Crippen molar-refractivity contribution >= 4 is 5.91 Å². The second-order valence-corrected chi connectivity index (χ2v) is 2.91. The lowest BCUT2D eigenvalue weighted by molar-refractivity contribution is -0.119. The highest BCUT2D eigenvalue weighted by atomic mass is 16.3. The summed E-state index contributed by atoms with van der Waals surface area (Å²) in [6, 6.07) is 5.33. The number of carbonyl (C=O) groups excluding carboxylic acids is 1. The van der Waals surface area contributed by atoms with Crippen LogP contribution in [0.4, 0.5) is 0 Å². The van der Waals surface area contributed by atoms with Crippen LogP contribution in [0.15, 0.2) is 29.4 Å². The lowest BCUT2D eigenvalue weighted by Gasteiger charge is -2.05. The third kappa shape index (κ3) is 2.63. The Morgan fingerprint density at radius 2 is 2.00 bits per heavy atom. The van der Waals surface area contributed by atoms with Crippen LogP contribution in [0.1, 0.15) is 5.56 Å². The second kappa shape index (κ2) is 4.48. The van der Waals surface area contributed by atoms with Crippen LogP contribution in [0.25, 0.3) is 0 Å². The number of hydrogen-bond acceptors (Lipinski definition) is 4. The van der Waals surface area contributed by atoms with Crippen molar-refractivity contribution < 1.29 is 9.90 Å². The van der Waals surface area contributed by atoms with Crippen LogP contribution >= 0.6 is 0 Å². The molecule has 0 fully saturated rings. The molecular formula is C9H10N2O3. The van der Waals surface area contributed by atoms with Crippen molar-refractivity contribution in [2.45, 2.75) is 12.5 Å². The predicted octanol–water partition coefficient (Wildman–Crippen LogP) is 0.555. The first-order valence-electron chi connectivity index (χ1n) is 4.04. The summed E-state index contributed by atoms with van der Waals surface area (Å²) in [5.74, 6) is -0.722. The quantitative estimate of drug-likeness (QED) is 0.687. The van der Waals surface area contributed by atoms with Gasteiger partial charge in [0, 0.05) is 5.18 Å². The van der Waals surface area contributed by atoms with E-state index in [2.05, 4.69) is 5.18 Å². The van der Waals surface area contributed by atoms with Crippen molar-refractivity contribution in [2.24, 2.45) is 10.9 Å². The Balaban J connectivity index is 2.64. The molecule has 1 rings (SSSR count). The molecule has 0 aliphatic rings. The Bertz CT molecular complexity index is 334. The van der Waals surface area contributed by atoms with Gasteiger partial charge in [0.1, 0.15) is 5.75 Å². The first-order valence-corrected chi connectivity index (χ1v) is 4.04. The summed E-state index contributed by atoms with van der Waals surface area (Å²) in [6.07, 6.45) is 0.241. The molecule has 14 heavy (non-hydrogen) atoms. The van der Waals surface area contributed by atoms with E-state index >= 15 is 0 Å². The summed E-state index contributed by atoms with van der Waals surface area (Å²) in [7, 11) is 0. The predicted molar refractivity (Wildman–Crippen MR) is 50.6 cm³/mol. The van der Waals surface area contributed by atoms with Gasteiger partial charge in [0.15, 0.2) is 0 Å². The van der Waals surface area contributed by atoms with E-state index in [0.29, 0.717) is 0 Å². The molecule has 0 saturated heterocycles. The summed E-state index contributed by atoms with van der Waals surface area (Å²) in [6.45, 7) is 0. The number of aromatic hydroxyl groups is 1. The van der Waals surface area contributed by atoms with Gasteiger partial charge in [-0.25, -0.2) is 0 Å². The summed E-state index contributed by atoms with van der Waals surface area (Å²) in [5.41, 5.74) is 6.16. The Labute approximate surface area is 80.5 Å². The molecule has 0 aromatic heterocycles. The van der Waals surface area contributed by atoms with E-state index in [1.54, 1.807) is 12.1 Å². The first-order chi connectivity index (χ1) is 6.63. The Kier molecular flexibility index (Phi) is 3.30. The molecule has 1 amide bonds. The van der Waals surface area contributed by atoms with Gasteiger partial charge < -0.3 is 10.8 Å². The summed E-state index contributed by atoms with van der Waals surface area (Å²) in [5, 5.41) is 11.2. The van der Waals surface area contributed by atoms with Gasteiger partial charge in [-0.1, -0.05) is 12.1 Å². The van der Waals surface area contributed by atoms with Crippen molar-refractivity contribution in [3.05, 3.63) is 34.7 Å². The van der Waals surface area contributed by atoms with Gasteiger partial charge in [-0.2, -0.15) is 0 Å². The molecule has 0 spiro atoms. The van der Waals surface area contributed by atoms with E-state index in [9.17, 15) is 9.70 Å². The SMILES string of the molecule is NC(Cc1ccc(O)cc1)C(=O)N=O. The number of phenolic OH excluding ortho intramolecular Hbond substituents is 1. The summed E-state index contributed by atoms with van der Waals surface area (Å²) in [4.78, 5) is 20.6. The normalized spacial score (nSPS) is 12.1. The number of benzene rings is 1. The minimum Gasteiger partial charge on any atom is -0.508 e. The Hall–Kier alpha value is -1.75. The Morgan fingerprint density at radius 1 is 1.43 bits per heavy atom. The number of hydrogen-bond donors (Lipinski definition) is 2. The summed E-state index contributed by atoms with van der Waals surface area (Å²) < 4.78 is 0. The molecule has 0 radical (unpaired) electrons. The zero-order chi connectivity index (χ0) is 10.6. The fourth-order valence-corrected chi connectivity index (χ4v) is 1.04. The number of nitrogens with two attached hydrogens (primary N) is 1. The third-order valence-corrected chi connectivity index (χ3v) is 1.80. The van der Waals surface area contributed by atoms with Crippen molar-refractivity contribution in [3.8, 4) is 5.75 Å². The highest BCUT2D eigenvalue weighted by Crippen LogP contribution is 2.10. The zero-order valence-corrected chi connectivity index (χ0v) is 7.38. The summed E-state index contributed by atoms with van der Waals surface area (Å²) >= 11 is 0. The molecule has 5 heteroatoms. The standard InChI is InChI=1S/C9H10N2O3/c10-8(9(13)11-14)5-6-1-3-7(12)4-2-6/h1-4,8,12H,5,10H2. The average molecular weight is 194 g/mol. The lowest BCUT2D eigenvalue weighted by atomic mass is 10.1. The van der Waals surface area contributed by atoms with Crippen molar-refractivity contribution in [3.63, 3.8) is 0 Å². The van der Waals surface area contributed by atoms with Crippen LogP contribution in [-0.4, -0.2) is 17.1 Å². The molecule has 1 aromatic carbocycles. The number of phenols is 1. The van der Waals surface area contributed by atoms with Crippen LogP contribution in [0, 0.1) is 4.91 Å². The third-order valence-electron chi connectivity index (χ3n) is 1.80. The molecule has 3 N–H and O–H groups in total. The molecule has 0 aliphatic heterocycles. The van der Waals surface area contributed by atoms with Gasteiger partial charge >= 0.3 is 5.91 Å². The van der Waals surface area contributed by atoms with Gasteiger partial charge in [0.25, 0.3) is 0 Å². The molecule has 74 valence electrons. The molecular weight excluding hydrogens is 184 g/mol. The van der Waals surface area contributed by atoms with E-state index in [1.165, 1.54) is 12.1 Å². The zero-order valence-electron chi connectivity index (χ0n) is 7.38. The maximum absolute atomic E-state index is 10.7. The van der Waals surface area contributed by atoms with Crippen molar-refractivity contribution in [2.75, 3.05) is 0 Å². The largest absolute Gasteiger partial charge is 0.508 e. The van der Waals surface area contributed by atoms with E-state index in [-0.39, 0.29) is 12.2 Å². The van der Waals surface area contributed by atoms with Gasteiger partial charge in [-0.3, -0.25) is 4.79 Å². The van der Waals surface area contributed by atoms with E-state index in [1.807, 2.05) is 0 Å². The molecule has 0 aliphatic carbocycles. The maximum atomic E-state index is 10.7. The van der Waals surface area contributed by atoms with E-state index < -0.39 is 11.9 Å². The highest BCUT2D eigenvalue weighted by Gasteiger charge is 2.13. The Morgan fingerprint density at radius 3 is 2.50 bits per heavy atom. The first kappa shape index (κ1) is 10.3. The molecule has 1 aromatic rings. The van der Waals surface area contributed by atoms with Crippen LogP contribution in [-0.2, 0) is 11.2 Å². The van der Waals surface area contributed by atoms with Crippen LogP contribution < -0.4 is 5.73 Å². The van der Waals surface area contributed by atoms with Crippen LogP contribution in [0.2, 0.25) is 0 Å². The van der Waals surface area contributed by atoms with Crippen LogP contribution in [0.3, 0.4) is 0 Å². The van der Waals surface area contributed by atoms with Crippen molar-refractivity contribution in [1.82, 2.24) is 0 Å². The molecule has 0 heterocycles. The molecule has 1 unspecified atom stereocenters. The van der Waals surface area contributed by atoms with Gasteiger partial charge in [0.05, 0.1) is 6.04 Å². The minimum absolute atomic E-state index is 0.141. The minimum atomic E-state index is -0.906. The number of nitrogens with zero attached hydrogens (tertiary/aromatic N) is 1. The number of rotatable bonds is 3. The monoisotopic (exact) mass is 194 g/mol. The second-order valence-electron chi connectivity index (χ2n) is 2.91. The number of nitroso groups, excluding NO2 is 1. The van der Waals surface area contributed by atoms with Crippen molar-refractivity contribution in [1.29, 1.82) is 0 Å². The van der Waals surface area contributed by atoms with Crippen LogP contribution in [0.5, 0.6) is 5.75 Å². The fraction of sp³-hybridized carbons (Fsp3) is 0.222. The highest BCUT2D eigenvalue weighted by molar-refractivity contribution is 5.82. The molecule has 0 bridgehead atoms. The van der Waals surface area contributed by atoms with Gasteiger partial charge in [-0.05, 0) is 24.1 Å². The maximum Gasteiger partial charge on any atom is 0.303 e. The molecule has 0 saturated carbocycles. The fourth-order valence-electron chi connectivity index (χ4n) is 1.04.